The maximum atomic E-state index is 13.5. The molecular formula is C16H25FN2O2. The first-order chi connectivity index (χ1) is 10.1. The summed E-state index contributed by atoms with van der Waals surface area (Å²) in [6.07, 6.45) is 5.51. The summed E-state index contributed by atoms with van der Waals surface area (Å²) in [6.45, 7) is 3.00. The van der Waals surface area contributed by atoms with Crippen LogP contribution in [0.4, 0.5) is 15.8 Å². The van der Waals surface area contributed by atoms with Gasteiger partial charge in [0.1, 0.15) is 5.82 Å². The van der Waals surface area contributed by atoms with E-state index >= 15 is 0 Å². The molecule has 0 unspecified atom stereocenters. The normalized spacial score (nSPS) is 10.4. The third-order valence-electron chi connectivity index (χ3n) is 3.17. The Hall–Kier alpha value is -1.78. The summed E-state index contributed by atoms with van der Waals surface area (Å²) in [5, 5.41) is 3.06. The molecule has 0 saturated heterocycles. The minimum Gasteiger partial charge on any atom is -0.466 e. The molecule has 1 aromatic rings. The van der Waals surface area contributed by atoms with E-state index in [1.54, 1.807) is 12.1 Å². The van der Waals surface area contributed by atoms with Crippen LogP contribution in [0.3, 0.4) is 0 Å². The highest BCUT2D eigenvalue weighted by molar-refractivity contribution is 5.69. The number of esters is 1. The zero-order valence-electron chi connectivity index (χ0n) is 12.7. The first-order valence-electron chi connectivity index (χ1n) is 7.58. The second-order valence-corrected chi connectivity index (χ2v) is 4.99. The molecule has 0 aliphatic heterocycles. The molecule has 0 fully saturated rings. The number of carbonyl (C=O) groups excluding carboxylic acids is 1. The number of benzene rings is 1. The molecule has 4 nitrogen and oxygen atoms in total. The van der Waals surface area contributed by atoms with Crippen LogP contribution in [-0.2, 0) is 9.53 Å². The standard InChI is InChI=1S/C16H25FN2O2/c1-2-21-16(20)8-6-4-3-5-7-11-19-15-10-9-13(18)12-14(15)17/h9-10,12,19H,2-8,11,18H2,1H3. The second kappa shape index (κ2) is 10.0. The maximum Gasteiger partial charge on any atom is 0.305 e. The summed E-state index contributed by atoms with van der Waals surface area (Å²) < 4.78 is 18.3. The first kappa shape index (κ1) is 17.3. The lowest BCUT2D eigenvalue weighted by molar-refractivity contribution is -0.143. The highest BCUT2D eigenvalue weighted by Gasteiger charge is 2.02. The number of hydrogen-bond acceptors (Lipinski definition) is 4. The summed E-state index contributed by atoms with van der Waals surface area (Å²) in [7, 11) is 0. The Morgan fingerprint density at radius 3 is 2.67 bits per heavy atom. The van der Waals surface area contributed by atoms with Gasteiger partial charge >= 0.3 is 5.97 Å². The smallest absolute Gasteiger partial charge is 0.305 e. The molecule has 1 aromatic carbocycles. The van der Waals surface area contributed by atoms with Crippen molar-refractivity contribution in [2.24, 2.45) is 0 Å². The lowest BCUT2D eigenvalue weighted by Crippen LogP contribution is -2.04. The number of carbonyl (C=O) groups is 1. The monoisotopic (exact) mass is 296 g/mol. The molecule has 0 aliphatic rings. The Morgan fingerprint density at radius 1 is 1.24 bits per heavy atom. The number of hydrogen-bond donors (Lipinski definition) is 2. The van der Waals surface area contributed by atoms with E-state index in [0.29, 0.717) is 24.4 Å². The Labute approximate surface area is 125 Å². The van der Waals surface area contributed by atoms with Gasteiger partial charge in [0.15, 0.2) is 0 Å². The molecule has 0 bridgehead atoms. The van der Waals surface area contributed by atoms with Crippen molar-refractivity contribution in [3.8, 4) is 0 Å². The van der Waals surface area contributed by atoms with Gasteiger partial charge in [0.2, 0.25) is 0 Å². The van der Waals surface area contributed by atoms with Crippen LogP contribution >= 0.6 is 0 Å². The first-order valence-corrected chi connectivity index (χ1v) is 7.58. The molecule has 5 heteroatoms. The summed E-state index contributed by atoms with van der Waals surface area (Å²) >= 11 is 0. The molecule has 3 N–H and O–H groups in total. The van der Waals surface area contributed by atoms with E-state index in [1.807, 2.05) is 6.92 Å². The van der Waals surface area contributed by atoms with Gasteiger partial charge in [0.25, 0.3) is 0 Å². The van der Waals surface area contributed by atoms with E-state index in [-0.39, 0.29) is 11.8 Å². The van der Waals surface area contributed by atoms with Crippen LogP contribution in [0.2, 0.25) is 0 Å². The SMILES string of the molecule is CCOC(=O)CCCCCCCNc1ccc(N)cc1F. The van der Waals surface area contributed by atoms with Crippen LogP contribution in [0.15, 0.2) is 18.2 Å². The van der Waals surface area contributed by atoms with E-state index in [4.69, 9.17) is 10.5 Å². The predicted molar refractivity (Wildman–Crippen MR) is 83.6 cm³/mol. The molecule has 0 atom stereocenters. The van der Waals surface area contributed by atoms with Crippen LogP contribution < -0.4 is 11.1 Å². The van der Waals surface area contributed by atoms with Gasteiger partial charge in [0, 0.05) is 18.7 Å². The van der Waals surface area contributed by atoms with E-state index in [9.17, 15) is 9.18 Å². The van der Waals surface area contributed by atoms with E-state index in [0.717, 1.165) is 38.6 Å². The van der Waals surface area contributed by atoms with Crippen molar-refractivity contribution in [1.29, 1.82) is 0 Å². The van der Waals surface area contributed by atoms with E-state index in [1.165, 1.54) is 6.07 Å². The van der Waals surface area contributed by atoms with Crippen LogP contribution in [-0.4, -0.2) is 19.1 Å². The number of nitrogen functional groups attached to an aromatic ring is 1. The molecule has 0 amide bonds. The molecule has 0 aromatic heterocycles. The molecule has 118 valence electrons. The third-order valence-corrected chi connectivity index (χ3v) is 3.17. The quantitative estimate of drug-likeness (QED) is 0.392. The maximum absolute atomic E-state index is 13.5. The van der Waals surface area contributed by atoms with Crippen molar-refractivity contribution < 1.29 is 13.9 Å². The van der Waals surface area contributed by atoms with Gasteiger partial charge in [-0.1, -0.05) is 19.3 Å². The number of nitrogens with two attached hydrogens (primary N) is 1. The number of nitrogens with one attached hydrogen (secondary N) is 1. The van der Waals surface area contributed by atoms with Crippen molar-refractivity contribution >= 4 is 17.3 Å². The average molecular weight is 296 g/mol. The number of anilines is 2. The van der Waals surface area contributed by atoms with Gasteiger partial charge in [-0.3, -0.25) is 4.79 Å². The molecule has 0 spiro atoms. The fraction of sp³-hybridized carbons (Fsp3) is 0.562. The molecule has 1 rings (SSSR count). The Bertz CT molecular complexity index is 438. The van der Waals surface area contributed by atoms with Crippen LogP contribution in [0.1, 0.15) is 45.4 Å². The van der Waals surface area contributed by atoms with Crippen LogP contribution in [0, 0.1) is 5.82 Å². The van der Waals surface area contributed by atoms with Crippen molar-refractivity contribution in [3.05, 3.63) is 24.0 Å². The molecule has 0 aliphatic carbocycles. The minimum absolute atomic E-state index is 0.113. The van der Waals surface area contributed by atoms with Crippen molar-refractivity contribution in [2.45, 2.75) is 45.4 Å². The van der Waals surface area contributed by atoms with Gasteiger partial charge in [-0.15, -0.1) is 0 Å². The highest BCUT2D eigenvalue weighted by Crippen LogP contribution is 2.17. The summed E-state index contributed by atoms with van der Waals surface area (Å²) in [5.74, 6) is -0.428. The number of halogens is 1. The molecule has 0 heterocycles. The molecular weight excluding hydrogens is 271 g/mol. The van der Waals surface area contributed by atoms with E-state index in [2.05, 4.69) is 5.32 Å². The topological polar surface area (TPSA) is 64.3 Å². The molecule has 0 radical (unpaired) electrons. The fourth-order valence-corrected chi connectivity index (χ4v) is 2.06. The van der Waals surface area contributed by atoms with Gasteiger partial charge in [-0.05, 0) is 38.0 Å². The van der Waals surface area contributed by atoms with Gasteiger partial charge in [0.05, 0.1) is 12.3 Å². The number of ether oxygens (including phenoxy) is 1. The Balaban J connectivity index is 2.01. The van der Waals surface area contributed by atoms with Crippen LogP contribution in [0.25, 0.3) is 0 Å². The van der Waals surface area contributed by atoms with Crippen molar-refractivity contribution in [3.63, 3.8) is 0 Å². The zero-order chi connectivity index (χ0) is 15.5. The summed E-state index contributed by atoms with van der Waals surface area (Å²) in [5.41, 5.74) is 6.41. The van der Waals surface area contributed by atoms with Crippen molar-refractivity contribution in [1.82, 2.24) is 0 Å². The second-order valence-electron chi connectivity index (χ2n) is 4.99. The highest BCUT2D eigenvalue weighted by atomic mass is 19.1. The van der Waals surface area contributed by atoms with Crippen molar-refractivity contribution in [2.75, 3.05) is 24.2 Å². The zero-order valence-corrected chi connectivity index (χ0v) is 12.7. The Morgan fingerprint density at radius 2 is 1.95 bits per heavy atom. The largest absolute Gasteiger partial charge is 0.466 e. The Kier molecular flexibility index (Phi) is 8.24. The average Bonchev–Trinajstić information content (AvgIpc) is 2.44. The summed E-state index contributed by atoms with van der Waals surface area (Å²) in [6, 6.07) is 4.66. The van der Waals surface area contributed by atoms with Gasteiger partial charge in [-0.2, -0.15) is 0 Å². The van der Waals surface area contributed by atoms with Crippen LogP contribution in [0.5, 0.6) is 0 Å². The number of rotatable bonds is 10. The minimum atomic E-state index is -0.315. The molecule has 0 saturated carbocycles. The summed E-state index contributed by atoms with van der Waals surface area (Å²) in [4.78, 5) is 11.1. The fourth-order valence-electron chi connectivity index (χ4n) is 2.06. The van der Waals surface area contributed by atoms with Gasteiger partial charge < -0.3 is 15.8 Å². The molecule has 21 heavy (non-hydrogen) atoms. The van der Waals surface area contributed by atoms with E-state index < -0.39 is 0 Å². The van der Waals surface area contributed by atoms with Gasteiger partial charge in [-0.25, -0.2) is 4.39 Å². The lowest BCUT2D eigenvalue weighted by Gasteiger charge is -2.08. The predicted octanol–water partition coefficient (Wildman–Crippen LogP) is 3.72. The third kappa shape index (κ3) is 7.54. The number of unbranched alkanes of at least 4 members (excludes halogenated alkanes) is 4. The lowest BCUT2D eigenvalue weighted by atomic mass is 10.1.